The van der Waals surface area contributed by atoms with Gasteiger partial charge in [0, 0.05) is 47.9 Å². The standard InChI is InChI=1S/C31H32FN7O4/c1-31(2,3)30-37-27(38-43-30)28(40)34-17-21-9-8-20(16-23(21)32)22-10-11-33-26-24(22)35-25(36-26)18-4-6-19(7-5-18)29(41)39-12-14-42-15-13-39/h4-11,16,29,41H,12-15,17H2,1-3H3,(H,34,40)(H,33,35,36). The summed E-state index contributed by atoms with van der Waals surface area (Å²) < 4.78 is 25.7. The van der Waals surface area contributed by atoms with Crippen LogP contribution in [0.15, 0.2) is 59.3 Å². The summed E-state index contributed by atoms with van der Waals surface area (Å²) in [5.74, 6) is -0.169. The van der Waals surface area contributed by atoms with E-state index in [2.05, 4.69) is 25.4 Å². The summed E-state index contributed by atoms with van der Waals surface area (Å²) in [5.41, 5.74) is 4.04. The number of nitrogens with one attached hydrogen (secondary N) is 2. The summed E-state index contributed by atoms with van der Waals surface area (Å²) in [6.07, 6.45) is 0.943. The normalized spacial score (nSPS) is 15.1. The zero-order valence-electron chi connectivity index (χ0n) is 24.1. The lowest BCUT2D eigenvalue weighted by molar-refractivity contribution is -0.0603. The second kappa shape index (κ2) is 11.6. The molecule has 6 rings (SSSR count). The van der Waals surface area contributed by atoms with Crippen LogP contribution in [0.4, 0.5) is 4.39 Å². The second-order valence-corrected chi connectivity index (χ2v) is 11.4. The molecule has 222 valence electrons. The summed E-state index contributed by atoms with van der Waals surface area (Å²) in [7, 11) is 0. The molecule has 0 saturated carbocycles. The average Bonchev–Trinajstić information content (AvgIpc) is 3.69. The number of halogens is 1. The summed E-state index contributed by atoms with van der Waals surface area (Å²) in [6.45, 7) is 8.22. The van der Waals surface area contributed by atoms with Crippen molar-refractivity contribution in [1.29, 1.82) is 0 Å². The van der Waals surface area contributed by atoms with Crippen molar-refractivity contribution in [2.24, 2.45) is 0 Å². The van der Waals surface area contributed by atoms with Gasteiger partial charge >= 0.3 is 0 Å². The molecule has 5 aromatic rings. The Morgan fingerprint density at radius 2 is 1.84 bits per heavy atom. The first kappa shape index (κ1) is 28.6. The first-order valence-electron chi connectivity index (χ1n) is 14.0. The minimum Gasteiger partial charge on any atom is -0.379 e. The van der Waals surface area contributed by atoms with Crippen LogP contribution in [0.3, 0.4) is 0 Å². The van der Waals surface area contributed by atoms with Crippen LogP contribution in [-0.2, 0) is 16.7 Å². The number of pyridine rings is 1. The summed E-state index contributed by atoms with van der Waals surface area (Å²) in [4.78, 5) is 31.0. The van der Waals surface area contributed by atoms with E-state index in [1.54, 1.807) is 24.4 Å². The number of H-pyrrole nitrogens is 1. The van der Waals surface area contributed by atoms with Gasteiger partial charge in [0.15, 0.2) is 5.65 Å². The lowest BCUT2D eigenvalue weighted by atomic mass is 9.97. The van der Waals surface area contributed by atoms with Crippen LogP contribution in [0.5, 0.6) is 0 Å². The predicted molar refractivity (Wildman–Crippen MR) is 156 cm³/mol. The number of rotatable bonds is 7. The van der Waals surface area contributed by atoms with Gasteiger partial charge < -0.3 is 24.7 Å². The Bertz CT molecular complexity index is 1750. The number of amides is 1. The number of aliphatic hydroxyl groups is 1. The number of aliphatic hydroxyl groups excluding tert-OH is 1. The van der Waals surface area contributed by atoms with Crippen molar-refractivity contribution in [2.45, 2.75) is 39.0 Å². The number of morpholine rings is 1. The number of imidazole rings is 1. The third-order valence-corrected chi connectivity index (χ3v) is 7.33. The number of ether oxygens (including phenoxy) is 1. The van der Waals surface area contributed by atoms with Crippen LogP contribution < -0.4 is 5.32 Å². The molecule has 1 saturated heterocycles. The minimum absolute atomic E-state index is 0.0428. The second-order valence-electron chi connectivity index (χ2n) is 11.4. The average molecular weight is 586 g/mol. The number of benzene rings is 2. The summed E-state index contributed by atoms with van der Waals surface area (Å²) >= 11 is 0. The summed E-state index contributed by atoms with van der Waals surface area (Å²) in [5, 5.41) is 17.1. The fourth-order valence-corrected chi connectivity index (χ4v) is 4.86. The van der Waals surface area contributed by atoms with Crippen molar-refractivity contribution in [3.8, 4) is 22.5 Å². The first-order valence-corrected chi connectivity index (χ1v) is 14.0. The summed E-state index contributed by atoms with van der Waals surface area (Å²) in [6, 6.07) is 14.2. The molecule has 0 bridgehead atoms. The number of aromatic nitrogens is 5. The first-order chi connectivity index (χ1) is 20.7. The maximum absolute atomic E-state index is 15.2. The van der Waals surface area contributed by atoms with Crippen LogP contribution in [-0.4, -0.2) is 67.3 Å². The van der Waals surface area contributed by atoms with E-state index < -0.39 is 23.4 Å². The molecular weight excluding hydrogens is 553 g/mol. The monoisotopic (exact) mass is 585 g/mol. The molecule has 3 aromatic heterocycles. The van der Waals surface area contributed by atoms with Crippen molar-refractivity contribution in [2.75, 3.05) is 26.3 Å². The fraction of sp³-hybridized carbons (Fsp3) is 0.323. The maximum atomic E-state index is 15.2. The number of carbonyl (C=O) groups is 1. The Kier molecular flexibility index (Phi) is 7.74. The van der Waals surface area contributed by atoms with E-state index in [9.17, 15) is 9.90 Å². The molecule has 1 fully saturated rings. The Labute approximate surface area is 247 Å². The molecule has 43 heavy (non-hydrogen) atoms. The Hall–Kier alpha value is -4.52. The van der Waals surface area contributed by atoms with Crippen LogP contribution in [0.2, 0.25) is 0 Å². The zero-order chi connectivity index (χ0) is 30.1. The van der Waals surface area contributed by atoms with E-state index in [0.717, 1.165) is 11.1 Å². The van der Waals surface area contributed by atoms with Gasteiger partial charge in [-0.1, -0.05) is 62.3 Å². The lowest BCUT2D eigenvalue weighted by Crippen LogP contribution is -2.38. The fourth-order valence-electron chi connectivity index (χ4n) is 4.86. The van der Waals surface area contributed by atoms with E-state index in [-0.39, 0.29) is 12.4 Å². The zero-order valence-corrected chi connectivity index (χ0v) is 24.1. The molecular formula is C31H32FN7O4. The van der Waals surface area contributed by atoms with Gasteiger partial charge in [-0.15, -0.1) is 0 Å². The Balaban J connectivity index is 1.18. The van der Waals surface area contributed by atoms with Gasteiger partial charge in [-0.2, -0.15) is 4.98 Å². The molecule has 0 aliphatic carbocycles. The molecule has 1 amide bonds. The third-order valence-electron chi connectivity index (χ3n) is 7.33. The third kappa shape index (κ3) is 6.03. The molecule has 4 heterocycles. The van der Waals surface area contributed by atoms with E-state index in [4.69, 9.17) is 14.2 Å². The van der Waals surface area contributed by atoms with E-state index in [1.807, 2.05) is 49.9 Å². The number of aromatic amines is 1. The van der Waals surface area contributed by atoms with E-state index >= 15 is 4.39 Å². The number of nitrogens with zero attached hydrogens (tertiary/aromatic N) is 5. The van der Waals surface area contributed by atoms with Crippen molar-refractivity contribution in [1.82, 2.24) is 35.3 Å². The molecule has 11 nitrogen and oxygen atoms in total. The van der Waals surface area contributed by atoms with Crippen LogP contribution >= 0.6 is 0 Å². The smallest absolute Gasteiger partial charge is 0.292 e. The van der Waals surface area contributed by atoms with Crippen LogP contribution in [0.1, 0.15) is 54.6 Å². The SMILES string of the molecule is CC(C)(C)c1nc(C(=O)NCc2ccc(-c3ccnc4[nH]c(-c5ccc(C(O)N6CCOCC6)cc5)nc34)cc2F)no1. The van der Waals surface area contributed by atoms with Crippen molar-refractivity contribution < 1.29 is 23.6 Å². The Morgan fingerprint density at radius 3 is 2.53 bits per heavy atom. The molecule has 1 aliphatic rings. The van der Waals surface area contributed by atoms with E-state index in [0.29, 0.717) is 65.9 Å². The molecule has 0 spiro atoms. The highest BCUT2D eigenvalue weighted by Gasteiger charge is 2.24. The highest BCUT2D eigenvalue weighted by molar-refractivity contribution is 5.92. The van der Waals surface area contributed by atoms with Gasteiger partial charge in [0.1, 0.15) is 23.4 Å². The van der Waals surface area contributed by atoms with Crippen LogP contribution in [0, 0.1) is 5.82 Å². The predicted octanol–water partition coefficient (Wildman–Crippen LogP) is 4.36. The van der Waals surface area contributed by atoms with Crippen molar-refractivity contribution >= 4 is 17.1 Å². The highest BCUT2D eigenvalue weighted by Crippen LogP contribution is 2.30. The lowest BCUT2D eigenvalue weighted by Gasteiger charge is -2.31. The van der Waals surface area contributed by atoms with Gasteiger partial charge in [0.05, 0.1) is 13.2 Å². The Morgan fingerprint density at radius 1 is 1.09 bits per heavy atom. The minimum atomic E-state index is -0.701. The molecule has 1 aliphatic heterocycles. The largest absolute Gasteiger partial charge is 0.379 e. The van der Waals surface area contributed by atoms with Crippen molar-refractivity contribution in [3.05, 3.63) is 83.4 Å². The van der Waals surface area contributed by atoms with Gasteiger partial charge in [0.25, 0.3) is 11.7 Å². The number of hydrogen-bond donors (Lipinski definition) is 3. The molecule has 2 aromatic carbocycles. The molecule has 3 N–H and O–H groups in total. The van der Waals surface area contributed by atoms with Gasteiger partial charge in [-0.05, 0) is 23.3 Å². The van der Waals surface area contributed by atoms with Crippen LogP contribution in [0.25, 0.3) is 33.7 Å². The van der Waals surface area contributed by atoms with Gasteiger partial charge in [-0.3, -0.25) is 9.69 Å². The van der Waals surface area contributed by atoms with Gasteiger partial charge in [0.2, 0.25) is 5.89 Å². The number of carbonyl (C=O) groups excluding carboxylic acids is 1. The quantitative estimate of drug-likeness (QED) is 0.254. The number of hydrogen-bond acceptors (Lipinski definition) is 9. The topological polar surface area (TPSA) is 142 Å². The van der Waals surface area contributed by atoms with Crippen molar-refractivity contribution in [3.63, 3.8) is 0 Å². The molecule has 1 atom stereocenters. The molecule has 1 unspecified atom stereocenters. The van der Waals surface area contributed by atoms with E-state index in [1.165, 1.54) is 6.07 Å². The van der Waals surface area contributed by atoms with Gasteiger partial charge in [-0.25, -0.2) is 14.4 Å². The number of fused-ring (bicyclic) bond motifs is 1. The molecule has 0 radical (unpaired) electrons. The highest BCUT2D eigenvalue weighted by atomic mass is 19.1. The molecule has 12 heteroatoms. The maximum Gasteiger partial charge on any atom is 0.292 e.